The van der Waals surface area contributed by atoms with Crippen LogP contribution in [0.4, 0.5) is 28.8 Å². The molecule has 1 heterocycles. The molecule has 0 spiro atoms. The molecular weight excluding hydrogens is 382 g/mol. The second-order valence-electron chi connectivity index (χ2n) is 5.29. The van der Waals surface area contributed by atoms with Crippen LogP contribution in [0.1, 0.15) is 6.92 Å². The molecule has 3 rings (SSSR count). The van der Waals surface area contributed by atoms with Gasteiger partial charge in [-0.2, -0.15) is 4.98 Å². The van der Waals surface area contributed by atoms with Crippen LogP contribution in [0.5, 0.6) is 0 Å². The van der Waals surface area contributed by atoms with Gasteiger partial charge in [0.2, 0.25) is 11.9 Å². The molecule has 1 amide bonds. The molecule has 0 unspecified atom stereocenters. The van der Waals surface area contributed by atoms with Gasteiger partial charge >= 0.3 is 0 Å². The zero-order valence-electron chi connectivity index (χ0n) is 13.5. The normalized spacial score (nSPS) is 10.2. The number of nitrogens with one attached hydrogen (secondary N) is 3. The van der Waals surface area contributed by atoms with E-state index < -0.39 is 0 Å². The number of rotatable bonds is 5. The van der Waals surface area contributed by atoms with Crippen LogP contribution in [0, 0.1) is 0 Å². The number of hydrogen-bond donors (Lipinski definition) is 3. The Morgan fingerprint density at radius 2 is 1.68 bits per heavy atom. The Balaban J connectivity index is 1.74. The molecular formula is C18H16BrN5O. The Kier molecular flexibility index (Phi) is 5.25. The number of carbonyl (C=O) groups excluding carboxylic acids is 1. The number of nitrogens with zero attached hydrogens (tertiary/aromatic N) is 2. The molecule has 3 N–H and O–H groups in total. The first-order valence-corrected chi connectivity index (χ1v) is 8.38. The lowest BCUT2D eigenvalue weighted by Gasteiger charge is -2.10. The molecule has 25 heavy (non-hydrogen) atoms. The minimum atomic E-state index is -0.111. The van der Waals surface area contributed by atoms with Crippen molar-refractivity contribution < 1.29 is 4.79 Å². The molecule has 0 atom stereocenters. The monoisotopic (exact) mass is 397 g/mol. The zero-order valence-corrected chi connectivity index (χ0v) is 15.0. The summed E-state index contributed by atoms with van der Waals surface area (Å²) in [5, 5.41) is 9.11. The van der Waals surface area contributed by atoms with Gasteiger partial charge in [-0.3, -0.25) is 4.79 Å². The average Bonchev–Trinajstić information content (AvgIpc) is 2.55. The Morgan fingerprint density at radius 1 is 0.960 bits per heavy atom. The van der Waals surface area contributed by atoms with Crippen molar-refractivity contribution in [3.63, 3.8) is 0 Å². The first-order valence-electron chi connectivity index (χ1n) is 7.59. The minimum Gasteiger partial charge on any atom is -0.340 e. The average molecular weight is 398 g/mol. The molecule has 0 bridgehead atoms. The fourth-order valence-corrected chi connectivity index (χ4v) is 2.61. The van der Waals surface area contributed by atoms with Crippen LogP contribution < -0.4 is 16.0 Å². The van der Waals surface area contributed by atoms with Gasteiger partial charge < -0.3 is 16.0 Å². The van der Waals surface area contributed by atoms with Crippen LogP contribution in [0.2, 0.25) is 0 Å². The number of hydrogen-bond acceptors (Lipinski definition) is 5. The Hall–Kier alpha value is -2.93. The summed E-state index contributed by atoms with van der Waals surface area (Å²) in [6, 6.07) is 17.0. The van der Waals surface area contributed by atoms with Gasteiger partial charge in [-0.15, -0.1) is 0 Å². The molecule has 2 aromatic carbocycles. The van der Waals surface area contributed by atoms with Crippen LogP contribution in [0.25, 0.3) is 0 Å². The van der Waals surface area contributed by atoms with Crippen molar-refractivity contribution in [2.75, 3.05) is 16.0 Å². The van der Waals surface area contributed by atoms with E-state index in [-0.39, 0.29) is 5.91 Å². The predicted molar refractivity (Wildman–Crippen MR) is 103 cm³/mol. The third kappa shape index (κ3) is 5.02. The smallest absolute Gasteiger partial charge is 0.229 e. The van der Waals surface area contributed by atoms with Crippen molar-refractivity contribution in [1.29, 1.82) is 0 Å². The SMILES string of the molecule is CC(=O)Nc1cccc(Nc2ccnc(Nc3cccc(Br)c3)n2)c1. The summed E-state index contributed by atoms with van der Waals surface area (Å²) in [6.45, 7) is 1.48. The summed E-state index contributed by atoms with van der Waals surface area (Å²) in [4.78, 5) is 19.8. The largest absolute Gasteiger partial charge is 0.340 e. The highest BCUT2D eigenvalue weighted by Gasteiger charge is 2.03. The Labute approximate surface area is 153 Å². The molecule has 0 aliphatic rings. The summed E-state index contributed by atoms with van der Waals surface area (Å²) in [5.41, 5.74) is 2.43. The van der Waals surface area contributed by atoms with Crippen LogP contribution >= 0.6 is 15.9 Å². The highest BCUT2D eigenvalue weighted by Crippen LogP contribution is 2.21. The second kappa shape index (κ2) is 7.76. The maximum Gasteiger partial charge on any atom is 0.229 e. The standard InChI is InChI=1S/C18H16BrN5O/c1-12(25)21-15-6-3-7-16(11-15)22-17-8-9-20-18(24-17)23-14-5-2-4-13(19)10-14/h2-11H,1H3,(H,21,25)(H2,20,22,23,24). The summed E-state index contributed by atoms with van der Waals surface area (Å²) in [6.07, 6.45) is 1.67. The number of carbonyl (C=O) groups is 1. The summed E-state index contributed by atoms with van der Waals surface area (Å²) in [5.74, 6) is 1.02. The second-order valence-corrected chi connectivity index (χ2v) is 6.20. The number of amides is 1. The maximum atomic E-state index is 11.2. The number of benzene rings is 2. The number of aromatic nitrogens is 2. The van der Waals surface area contributed by atoms with Gasteiger partial charge in [-0.25, -0.2) is 4.98 Å². The van der Waals surface area contributed by atoms with Crippen LogP contribution in [-0.4, -0.2) is 15.9 Å². The summed E-state index contributed by atoms with van der Waals surface area (Å²) >= 11 is 3.43. The fraction of sp³-hybridized carbons (Fsp3) is 0.0556. The molecule has 0 aliphatic carbocycles. The topological polar surface area (TPSA) is 78.9 Å². The van der Waals surface area contributed by atoms with Gasteiger partial charge in [-0.05, 0) is 42.5 Å². The zero-order chi connectivity index (χ0) is 17.6. The lowest BCUT2D eigenvalue weighted by Crippen LogP contribution is -2.06. The molecule has 7 heteroatoms. The molecule has 1 aromatic heterocycles. The Morgan fingerprint density at radius 3 is 2.44 bits per heavy atom. The minimum absolute atomic E-state index is 0.111. The van der Waals surface area contributed by atoms with E-state index in [4.69, 9.17) is 0 Å². The molecule has 0 fully saturated rings. The van der Waals surface area contributed by atoms with Gasteiger partial charge in [0, 0.05) is 34.7 Å². The first-order chi connectivity index (χ1) is 12.1. The number of anilines is 5. The van der Waals surface area contributed by atoms with E-state index >= 15 is 0 Å². The van der Waals surface area contributed by atoms with Gasteiger partial charge in [0.15, 0.2) is 0 Å². The van der Waals surface area contributed by atoms with E-state index in [9.17, 15) is 4.79 Å². The lowest BCUT2D eigenvalue weighted by atomic mass is 10.2. The van der Waals surface area contributed by atoms with E-state index in [0.29, 0.717) is 11.8 Å². The first kappa shape index (κ1) is 16.9. The van der Waals surface area contributed by atoms with Crippen LogP contribution in [0.3, 0.4) is 0 Å². The molecule has 0 saturated heterocycles. The third-order valence-corrected chi connectivity index (χ3v) is 3.68. The van der Waals surface area contributed by atoms with Crippen molar-refractivity contribution in [1.82, 2.24) is 9.97 Å². The van der Waals surface area contributed by atoms with Crippen molar-refractivity contribution in [3.8, 4) is 0 Å². The molecule has 126 valence electrons. The van der Waals surface area contributed by atoms with E-state index in [1.54, 1.807) is 12.3 Å². The Bertz CT molecular complexity index is 900. The molecule has 0 saturated carbocycles. The predicted octanol–water partition coefficient (Wildman–Crippen LogP) is 4.68. The van der Waals surface area contributed by atoms with E-state index in [0.717, 1.165) is 21.5 Å². The van der Waals surface area contributed by atoms with E-state index in [1.165, 1.54) is 6.92 Å². The van der Waals surface area contributed by atoms with Crippen molar-refractivity contribution in [2.45, 2.75) is 6.92 Å². The summed E-state index contributed by atoms with van der Waals surface area (Å²) in [7, 11) is 0. The van der Waals surface area contributed by atoms with Gasteiger partial charge in [0.25, 0.3) is 0 Å². The number of halogens is 1. The quantitative estimate of drug-likeness (QED) is 0.582. The van der Waals surface area contributed by atoms with Crippen molar-refractivity contribution >= 4 is 50.7 Å². The maximum absolute atomic E-state index is 11.2. The van der Waals surface area contributed by atoms with Crippen molar-refractivity contribution in [2.24, 2.45) is 0 Å². The highest BCUT2D eigenvalue weighted by atomic mass is 79.9. The van der Waals surface area contributed by atoms with Gasteiger partial charge in [0.05, 0.1) is 0 Å². The molecule has 3 aromatic rings. The van der Waals surface area contributed by atoms with E-state index in [1.807, 2.05) is 48.5 Å². The van der Waals surface area contributed by atoms with Gasteiger partial charge in [-0.1, -0.05) is 28.1 Å². The highest BCUT2D eigenvalue weighted by molar-refractivity contribution is 9.10. The fourth-order valence-electron chi connectivity index (χ4n) is 2.21. The summed E-state index contributed by atoms with van der Waals surface area (Å²) < 4.78 is 0.974. The van der Waals surface area contributed by atoms with Crippen LogP contribution in [0.15, 0.2) is 65.3 Å². The van der Waals surface area contributed by atoms with Crippen molar-refractivity contribution in [3.05, 3.63) is 65.3 Å². The van der Waals surface area contributed by atoms with Gasteiger partial charge in [0.1, 0.15) is 5.82 Å². The molecule has 0 aliphatic heterocycles. The molecule has 6 nitrogen and oxygen atoms in total. The lowest BCUT2D eigenvalue weighted by molar-refractivity contribution is -0.114. The van der Waals surface area contributed by atoms with Crippen LogP contribution in [-0.2, 0) is 4.79 Å². The van der Waals surface area contributed by atoms with E-state index in [2.05, 4.69) is 41.8 Å². The molecule has 0 radical (unpaired) electrons. The third-order valence-electron chi connectivity index (χ3n) is 3.19.